The molecule has 0 saturated carbocycles. The Kier molecular flexibility index (Phi) is 5.71. The molecule has 2 aromatic heterocycles. The van der Waals surface area contributed by atoms with Crippen molar-refractivity contribution < 1.29 is 22.0 Å². The van der Waals surface area contributed by atoms with Gasteiger partial charge in [-0.25, -0.2) is 13.8 Å². The second-order valence-electron chi connectivity index (χ2n) is 5.72. The van der Waals surface area contributed by atoms with Gasteiger partial charge in [-0.15, -0.1) is 0 Å². The fourth-order valence-electron chi connectivity index (χ4n) is 2.26. The van der Waals surface area contributed by atoms with Gasteiger partial charge in [0.1, 0.15) is 29.7 Å². The largest absolute Gasteiger partial charge is 0.405 e. The van der Waals surface area contributed by atoms with E-state index < -0.39 is 24.4 Å². The average Bonchev–Trinajstić information content (AvgIpc) is 2.65. The van der Waals surface area contributed by atoms with Gasteiger partial charge in [0.15, 0.2) is 5.82 Å². The highest BCUT2D eigenvalue weighted by Crippen LogP contribution is 2.22. The first-order valence-corrected chi connectivity index (χ1v) is 8.17. The van der Waals surface area contributed by atoms with E-state index >= 15 is 0 Å². The highest BCUT2D eigenvalue weighted by molar-refractivity contribution is 5.60. The Balaban J connectivity index is 1.99. The lowest BCUT2D eigenvalue weighted by Crippen LogP contribution is -2.23. The van der Waals surface area contributed by atoms with Crippen molar-refractivity contribution in [3.8, 4) is 11.5 Å². The Bertz CT molecular complexity index is 989. The molecule has 3 N–H and O–H groups in total. The maximum absolute atomic E-state index is 13.4. The Hall–Kier alpha value is -3.57. The van der Waals surface area contributed by atoms with E-state index in [1.807, 2.05) is 0 Å². The summed E-state index contributed by atoms with van der Waals surface area (Å²) in [4.78, 5) is 16.1. The molecule has 0 aliphatic heterocycles. The molecule has 3 rings (SSSR count). The van der Waals surface area contributed by atoms with Gasteiger partial charge >= 0.3 is 6.18 Å². The predicted octanol–water partition coefficient (Wildman–Crippen LogP) is 3.97. The molecule has 0 radical (unpaired) electrons. The smallest absolute Gasteiger partial charge is 0.373 e. The Morgan fingerprint density at radius 2 is 1.59 bits per heavy atom. The fraction of sp³-hybridized carbons (Fsp3) is 0.176. The molecule has 0 aliphatic rings. The van der Waals surface area contributed by atoms with E-state index in [1.165, 1.54) is 0 Å². The van der Waals surface area contributed by atoms with Crippen LogP contribution in [0.2, 0.25) is 0 Å². The molecule has 29 heavy (non-hydrogen) atoms. The van der Waals surface area contributed by atoms with Crippen LogP contribution < -0.4 is 16.0 Å². The summed E-state index contributed by atoms with van der Waals surface area (Å²) in [5, 5.41) is 7.43. The fourth-order valence-corrected chi connectivity index (χ4v) is 2.26. The lowest BCUT2D eigenvalue weighted by Gasteiger charge is -2.12. The molecule has 0 aliphatic carbocycles. The molecule has 0 saturated heterocycles. The summed E-state index contributed by atoms with van der Waals surface area (Å²) in [5.41, 5.74) is 0.223. The third kappa shape index (κ3) is 5.70. The van der Waals surface area contributed by atoms with Crippen LogP contribution in [0.4, 0.5) is 45.4 Å². The predicted molar refractivity (Wildman–Crippen MR) is 96.8 cm³/mol. The summed E-state index contributed by atoms with van der Waals surface area (Å²) >= 11 is 0. The number of alkyl halides is 3. The lowest BCUT2D eigenvalue weighted by atomic mass is 10.3. The minimum Gasteiger partial charge on any atom is -0.373 e. The SMILES string of the molecule is CNc1cccc(-c2nc(NCC(F)(F)F)nc(Nc3cc(F)cc(F)c3)n2)n1. The van der Waals surface area contributed by atoms with Gasteiger partial charge in [-0.05, 0) is 24.3 Å². The summed E-state index contributed by atoms with van der Waals surface area (Å²) in [5.74, 6) is -1.86. The molecule has 152 valence electrons. The Morgan fingerprint density at radius 3 is 2.24 bits per heavy atom. The van der Waals surface area contributed by atoms with Crippen LogP contribution in [0.3, 0.4) is 0 Å². The van der Waals surface area contributed by atoms with E-state index in [0.29, 0.717) is 11.9 Å². The third-order valence-corrected chi connectivity index (χ3v) is 3.44. The summed E-state index contributed by atoms with van der Waals surface area (Å²) in [6.07, 6.45) is -4.50. The van der Waals surface area contributed by atoms with Gasteiger partial charge < -0.3 is 16.0 Å². The van der Waals surface area contributed by atoms with Crippen LogP contribution >= 0.6 is 0 Å². The Labute approximate surface area is 161 Å². The molecule has 1 aromatic carbocycles. The summed E-state index contributed by atoms with van der Waals surface area (Å²) in [7, 11) is 1.64. The van der Waals surface area contributed by atoms with Crippen LogP contribution in [0, 0.1) is 11.6 Å². The van der Waals surface area contributed by atoms with Crippen molar-refractivity contribution in [3.05, 3.63) is 48.0 Å². The summed E-state index contributed by atoms with van der Waals surface area (Å²) in [6, 6.07) is 7.51. The normalized spacial score (nSPS) is 11.2. The van der Waals surface area contributed by atoms with E-state index in [0.717, 1.165) is 12.1 Å². The standard InChI is InChI=1S/C17H14F5N7/c1-23-13-4-2-3-12(26-13)14-27-15(24-8-17(20,21)22)29-16(28-14)25-11-6-9(18)5-10(19)7-11/h2-7H,8H2,1H3,(H,23,26)(H2,24,25,27,28,29). The number of aromatic nitrogens is 4. The number of hydrogen-bond donors (Lipinski definition) is 3. The molecular weight excluding hydrogens is 397 g/mol. The average molecular weight is 411 g/mol. The molecule has 0 fully saturated rings. The van der Waals surface area contributed by atoms with Gasteiger partial charge in [0.05, 0.1) is 0 Å². The maximum Gasteiger partial charge on any atom is 0.405 e. The highest BCUT2D eigenvalue weighted by atomic mass is 19.4. The lowest BCUT2D eigenvalue weighted by molar-refractivity contribution is -0.115. The molecule has 12 heteroatoms. The molecule has 0 spiro atoms. The first-order chi connectivity index (χ1) is 13.7. The number of anilines is 4. The second-order valence-corrected chi connectivity index (χ2v) is 5.72. The van der Waals surface area contributed by atoms with Crippen molar-refractivity contribution in [3.63, 3.8) is 0 Å². The van der Waals surface area contributed by atoms with Crippen LogP contribution in [-0.2, 0) is 0 Å². The maximum atomic E-state index is 13.4. The highest BCUT2D eigenvalue weighted by Gasteiger charge is 2.27. The monoisotopic (exact) mass is 411 g/mol. The van der Waals surface area contributed by atoms with E-state index in [-0.39, 0.29) is 29.1 Å². The zero-order valence-corrected chi connectivity index (χ0v) is 14.8. The van der Waals surface area contributed by atoms with Gasteiger partial charge in [-0.1, -0.05) is 6.07 Å². The molecule has 3 aromatic rings. The van der Waals surface area contributed by atoms with Crippen molar-refractivity contribution in [2.24, 2.45) is 0 Å². The number of nitrogens with one attached hydrogen (secondary N) is 3. The van der Waals surface area contributed by atoms with Crippen LogP contribution in [0.15, 0.2) is 36.4 Å². The van der Waals surface area contributed by atoms with Gasteiger partial charge in [-0.2, -0.15) is 28.1 Å². The van der Waals surface area contributed by atoms with E-state index in [9.17, 15) is 22.0 Å². The zero-order chi connectivity index (χ0) is 21.0. The number of nitrogens with zero attached hydrogens (tertiary/aromatic N) is 4. The molecule has 0 unspecified atom stereocenters. The third-order valence-electron chi connectivity index (χ3n) is 3.44. The van der Waals surface area contributed by atoms with Crippen LogP contribution in [-0.4, -0.2) is 39.7 Å². The summed E-state index contributed by atoms with van der Waals surface area (Å²) < 4.78 is 64.4. The van der Waals surface area contributed by atoms with Crippen LogP contribution in [0.1, 0.15) is 0 Å². The van der Waals surface area contributed by atoms with Gasteiger partial charge in [0.25, 0.3) is 0 Å². The van der Waals surface area contributed by atoms with E-state index in [2.05, 4.69) is 35.9 Å². The van der Waals surface area contributed by atoms with Crippen molar-refractivity contribution >= 4 is 23.4 Å². The summed E-state index contributed by atoms with van der Waals surface area (Å²) in [6.45, 7) is -1.38. The van der Waals surface area contributed by atoms with Crippen LogP contribution in [0.5, 0.6) is 0 Å². The Morgan fingerprint density at radius 1 is 0.897 bits per heavy atom. The van der Waals surface area contributed by atoms with Gasteiger partial charge in [0.2, 0.25) is 11.9 Å². The van der Waals surface area contributed by atoms with Crippen molar-refractivity contribution in [1.82, 2.24) is 19.9 Å². The minimum absolute atomic E-state index is 0.0293. The number of halogens is 5. The topological polar surface area (TPSA) is 87.7 Å². The molecule has 7 nitrogen and oxygen atoms in total. The van der Waals surface area contributed by atoms with Gasteiger partial charge in [-0.3, -0.25) is 0 Å². The molecule has 0 amide bonds. The number of benzene rings is 1. The number of hydrogen-bond acceptors (Lipinski definition) is 7. The van der Waals surface area contributed by atoms with E-state index in [1.54, 1.807) is 25.2 Å². The quantitative estimate of drug-likeness (QED) is 0.529. The second kappa shape index (κ2) is 8.20. The first-order valence-electron chi connectivity index (χ1n) is 8.17. The van der Waals surface area contributed by atoms with Crippen molar-refractivity contribution in [2.75, 3.05) is 29.5 Å². The van der Waals surface area contributed by atoms with Crippen molar-refractivity contribution in [1.29, 1.82) is 0 Å². The van der Waals surface area contributed by atoms with E-state index in [4.69, 9.17) is 0 Å². The zero-order valence-electron chi connectivity index (χ0n) is 14.8. The molecule has 2 heterocycles. The number of pyridine rings is 1. The first kappa shape index (κ1) is 20.2. The van der Waals surface area contributed by atoms with Crippen LogP contribution in [0.25, 0.3) is 11.5 Å². The number of rotatable bonds is 6. The minimum atomic E-state index is -4.50. The molecule has 0 bridgehead atoms. The van der Waals surface area contributed by atoms with Gasteiger partial charge in [0, 0.05) is 18.8 Å². The molecular formula is C17H14F5N7. The molecule has 0 atom stereocenters. The van der Waals surface area contributed by atoms with Crippen molar-refractivity contribution in [2.45, 2.75) is 6.18 Å².